The molecule has 0 fully saturated rings. The lowest BCUT2D eigenvalue weighted by Crippen LogP contribution is -2.25. The molecule has 28 heavy (non-hydrogen) atoms. The Morgan fingerprint density at radius 2 is 1.50 bits per heavy atom. The Bertz CT molecular complexity index is 969. The van der Waals surface area contributed by atoms with Crippen LogP contribution in [0.15, 0.2) is 78.9 Å². The summed E-state index contributed by atoms with van der Waals surface area (Å²) in [5.74, 6) is -0.991. The van der Waals surface area contributed by atoms with Crippen LogP contribution in [0.2, 0.25) is 0 Å². The van der Waals surface area contributed by atoms with Crippen molar-refractivity contribution >= 4 is 12.1 Å². The first-order valence-electron chi connectivity index (χ1n) is 8.96. The minimum atomic E-state index is -0.991. The summed E-state index contributed by atoms with van der Waals surface area (Å²) in [6, 6.07) is 23.7. The number of carbonyl (C=O) groups is 2. The van der Waals surface area contributed by atoms with Crippen LogP contribution in [0, 0.1) is 0 Å². The highest BCUT2D eigenvalue weighted by molar-refractivity contribution is 5.96. The van der Waals surface area contributed by atoms with Crippen LogP contribution in [0.25, 0.3) is 11.1 Å². The van der Waals surface area contributed by atoms with Crippen LogP contribution in [0.5, 0.6) is 0 Å². The Kier molecular flexibility index (Phi) is 6.07. The monoisotopic (exact) mass is 375 g/mol. The number of aromatic carboxylic acids is 1. The van der Waals surface area contributed by atoms with Gasteiger partial charge in [0.2, 0.25) is 0 Å². The summed E-state index contributed by atoms with van der Waals surface area (Å²) in [5, 5.41) is 12.2. The zero-order valence-corrected chi connectivity index (χ0v) is 15.5. The van der Waals surface area contributed by atoms with Crippen molar-refractivity contribution in [2.24, 2.45) is 0 Å². The van der Waals surface area contributed by atoms with Crippen LogP contribution in [0.4, 0.5) is 4.79 Å². The normalized spacial score (nSPS) is 11.5. The number of alkyl carbamates (subject to hydrolysis) is 1. The van der Waals surface area contributed by atoms with E-state index in [9.17, 15) is 14.7 Å². The third kappa shape index (κ3) is 4.57. The fourth-order valence-electron chi connectivity index (χ4n) is 3.00. The molecule has 0 unspecified atom stereocenters. The predicted octanol–water partition coefficient (Wildman–Crippen LogP) is 5.04. The van der Waals surface area contributed by atoms with E-state index < -0.39 is 12.1 Å². The van der Waals surface area contributed by atoms with Crippen LogP contribution in [0.1, 0.15) is 34.5 Å². The SMILES string of the molecule is C[C@H](OC(=O)NCc1ccccc1-c1ccccc1C(=O)O)c1ccccc1. The number of amides is 1. The van der Waals surface area contributed by atoms with Crippen LogP contribution >= 0.6 is 0 Å². The van der Waals surface area contributed by atoms with Gasteiger partial charge in [-0.15, -0.1) is 0 Å². The molecule has 0 aliphatic rings. The van der Waals surface area contributed by atoms with Gasteiger partial charge < -0.3 is 15.2 Å². The number of carboxylic acid groups (broad SMARTS) is 1. The van der Waals surface area contributed by atoms with Gasteiger partial charge in [-0.2, -0.15) is 0 Å². The van der Waals surface area contributed by atoms with Gasteiger partial charge in [0.25, 0.3) is 0 Å². The third-order valence-corrected chi connectivity index (χ3v) is 4.44. The van der Waals surface area contributed by atoms with E-state index >= 15 is 0 Å². The Labute approximate surface area is 163 Å². The summed E-state index contributed by atoms with van der Waals surface area (Å²) in [6.45, 7) is 2.04. The number of nitrogens with one attached hydrogen (secondary N) is 1. The first-order valence-corrected chi connectivity index (χ1v) is 8.96. The van der Waals surface area contributed by atoms with Crippen molar-refractivity contribution in [1.82, 2.24) is 5.32 Å². The maximum Gasteiger partial charge on any atom is 0.408 e. The van der Waals surface area contributed by atoms with Crippen molar-refractivity contribution in [3.8, 4) is 11.1 Å². The first-order chi connectivity index (χ1) is 13.6. The summed E-state index contributed by atoms with van der Waals surface area (Å²) in [6.07, 6.45) is -0.901. The van der Waals surface area contributed by atoms with Crippen molar-refractivity contribution in [3.63, 3.8) is 0 Å². The van der Waals surface area contributed by atoms with Gasteiger partial charge in [0, 0.05) is 6.54 Å². The number of carboxylic acids is 1. The molecule has 0 radical (unpaired) electrons. The molecule has 5 heteroatoms. The average molecular weight is 375 g/mol. The van der Waals surface area contributed by atoms with Gasteiger partial charge in [-0.25, -0.2) is 9.59 Å². The number of hydrogen-bond donors (Lipinski definition) is 2. The lowest BCUT2D eigenvalue weighted by molar-refractivity contribution is 0.0697. The maximum atomic E-state index is 12.2. The fraction of sp³-hybridized carbons (Fsp3) is 0.130. The molecule has 0 saturated carbocycles. The molecule has 0 saturated heterocycles. The van der Waals surface area contributed by atoms with Gasteiger partial charge >= 0.3 is 12.1 Å². The van der Waals surface area contributed by atoms with E-state index in [0.29, 0.717) is 5.56 Å². The summed E-state index contributed by atoms with van der Waals surface area (Å²) in [7, 11) is 0. The van der Waals surface area contributed by atoms with Crippen molar-refractivity contribution in [2.45, 2.75) is 19.6 Å². The largest absolute Gasteiger partial charge is 0.478 e. The predicted molar refractivity (Wildman–Crippen MR) is 107 cm³/mol. The Balaban J connectivity index is 1.73. The smallest absolute Gasteiger partial charge is 0.408 e. The molecule has 0 aliphatic carbocycles. The average Bonchev–Trinajstić information content (AvgIpc) is 2.73. The maximum absolute atomic E-state index is 12.2. The van der Waals surface area contributed by atoms with Gasteiger partial charge in [0.05, 0.1) is 5.56 Å². The molecule has 0 heterocycles. The summed E-state index contributed by atoms with van der Waals surface area (Å²) < 4.78 is 5.42. The molecule has 3 aromatic rings. The van der Waals surface area contributed by atoms with E-state index in [1.165, 1.54) is 0 Å². The van der Waals surface area contributed by atoms with Crippen LogP contribution in [-0.4, -0.2) is 17.2 Å². The van der Waals surface area contributed by atoms with Gasteiger partial charge in [0.15, 0.2) is 0 Å². The van der Waals surface area contributed by atoms with Crippen LogP contribution in [0.3, 0.4) is 0 Å². The molecule has 142 valence electrons. The molecular weight excluding hydrogens is 354 g/mol. The minimum absolute atomic E-state index is 0.218. The lowest BCUT2D eigenvalue weighted by atomic mass is 9.95. The highest BCUT2D eigenvalue weighted by Gasteiger charge is 2.15. The molecule has 3 rings (SSSR count). The number of hydrogen-bond acceptors (Lipinski definition) is 3. The van der Waals surface area contributed by atoms with Gasteiger partial charge in [0.1, 0.15) is 6.10 Å². The van der Waals surface area contributed by atoms with Gasteiger partial charge in [-0.05, 0) is 35.2 Å². The molecule has 0 spiro atoms. The number of ether oxygens (including phenoxy) is 1. The summed E-state index contributed by atoms with van der Waals surface area (Å²) in [4.78, 5) is 23.7. The number of rotatable bonds is 6. The molecule has 0 aromatic heterocycles. The summed E-state index contributed by atoms with van der Waals surface area (Å²) in [5.41, 5.74) is 3.31. The minimum Gasteiger partial charge on any atom is -0.478 e. The fourth-order valence-corrected chi connectivity index (χ4v) is 3.00. The van der Waals surface area contributed by atoms with Crippen molar-refractivity contribution in [1.29, 1.82) is 0 Å². The van der Waals surface area contributed by atoms with E-state index in [-0.39, 0.29) is 18.2 Å². The second-order valence-electron chi connectivity index (χ2n) is 6.32. The topological polar surface area (TPSA) is 75.6 Å². The molecule has 0 aliphatic heterocycles. The van der Waals surface area contributed by atoms with Crippen molar-refractivity contribution < 1.29 is 19.4 Å². The lowest BCUT2D eigenvalue weighted by Gasteiger charge is -2.16. The second-order valence-corrected chi connectivity index (χ2v) is 6.32. The Morgan fingerprint density at radius 3 is 2.21 bits per heavy atom. The first kappa shape index (κ1) is 19.2. The van der Waals surface area contributed by atoms with E-state index in [2.05, 4.69) is 5.32 Å². The third-order valence-electron chi connectivity index (χ3n) is 4.44. The molecule has 5 nitrogen and oxygen atoms in total. The van der Waals surface area contributed by atoms with Crippen molar-refractivity contribution in [3.05, 3.63) is 95.6 Å². The van der Waals surface area contributed by atoms with Crippen molar-refractivity contribution in [2.75, 3.05) is 0 Å². The second kappa shape index (κ2) is 8.86. The molecule has 2 N–H and O–H groups in total. The van der Waals surface area contributed by atoms with Gasteiger partial charge in [-0.1, -0.05) is 72.8 Å². The molecular formula is C23H21NO4. The van der Waals surface area contributed by atoms with E-state index in [1.807, 2.05) is 61.5 Å². The zero-order valence-electron chi connectivity index (χ0n) is 15.5. The molecule has 3 aromatic carbocycles. The molecule has 0 bridgehead atoms. The van der Waals surface area contributed by atoms with Crippen LogP contribution < -0.4 is 5.32 Å². The van der Waals surface area contributed by atoms with E-state index in [0.717, 1.165) is 16.7 Å². The quantitative estimate of drug-likeness (QED) is 0.633. The Hall–Kier alpha value is -3.60. The summed E-state index contributed by atoms with van der Waals surface area (Å²) >= 11 is 0. The van der Waals surface area contributed by atoms with Gasteiger partial charge in [-0.3, -0.25) is 0 Å². The van der Waals surface area contributed by atoms with E-state index in [1.54, 1.807) is 24.3 Å². The number of benzene rings is 3. The number of carbonyl (C=O) groups excluding carboxylic acids is 1. The standard InChI is InChI=1S/C23H21NO4/c1-16(17-9-3-2-4-10-17)28-23(27)24-15-18-11-5-6-12-19(18)20-13-7-8-14-21(20)22(25)26/h2-14,16H,15H2,1H3,(H,24,27)(H,25,26)/t16-/m0/s1. The molecule has 1 atom stereocenters. The Morgan fingerprint density at radius 1 is 0.893 bits per heavy atom. The molecule has 1 amide bonds. The zero-order chi connectivity index (χ0) is 19.9. The highest BCUT2D eigenvalue weighted by atomic mass is 16.6. The van der Waals surface area contributed by atoms with E-state index in [4.69, 9.17) is 4.74 Å². The van der Waals surface area contributed by atoms with Crippen LogP contribution in [-0.2, 0) is 11.3 Å². The highest BCUT2D eigenvalue weighted by Crippen LogP contribution is 2.27.